The van der Waals surface area contributed by atoms with Crippen LogP contribution in [0.2, 0.25) is 0 Å². The van der Waals surface area contributed by atoms with Gasteiger partial charge >= 0.3 is 5.97 Å². The Hall–Kier alpha value is -1.18. The van der Waals surface area contributed by atoms with Crippen LogP contribution in [0.4, 0.5) is 0 Å². The molecule has 116 valence electrons. The molecule has 0 unspecified atom stereocenters. The number of aliphatic carboxylic acids is 1. The highest BCUT2D eigenvalue weighted by Crippen LogP contribution is 2.16. The lowest BCUT2D eigenvalue weighted by molar-refractivity contribution is -0.145. The topological polar surface area (TPSA) is 99.1 Å². The van der Waals surface area contributed by atoms with Crippen LogP contribution in [-0.4, -0.2) is 73.0 Å². The maximum atomic E-state index is 11.9. The van der Waals surface area contributed by atoms with Crippen molar-refractivity contribution in [3.05, 3.63) is 0 Å². The summed E-state index contributed by atoms with van der Waals surface area (Å²) < 4.78 is 5.10. The predicted octanol–water partition coefficient (Wildman–Crippen LogP) is -0.702. The van der Waals surface area contributed by atoms with Gasteiger partial charge in [0.15, 0.2) is 0 Å². The van der Waals surface area contributed by atoms with Crippen LogP contribution in [0.25, 0.3) is 0 Å². The molecule has 0 saturated carbocycles. The molecule has 1 aliphatic rings. The molecule has 1 rings (SSSR count). The summed E-state index contributed by atoms with van der Waals surface area (Å²) in [5, 5.41) is 20.4. The molecule has 7 nitrogen and oxygen atoms in total. The van der Waals surface area contributed by atoms with Crippen LogP contribution < -0.4 is 5.32 Å². The summed E-state index contributed by atoms with van der Waals surface area (Å²) in [6.07, 6.45) is 1.86. The Labute approximate surface area is 118 Å². The Morgan fingerprint density at radius 2 is 1.95 bits per heavy atom. The van der Waals surface area contributed by atoms with Crippen molar-refractivity contribution in [2.75, 3.05) is 46.0 Å². The zero-order valence-corrected chi connectivity index (χ0v) is 11.7. The molecule has 7 heteroatoms. The average Bonchev–Trinajstić information content (AvgIpc) is 2.46. The Bertz CT molecular complexity index is 303. The summed E-state index contributed by atoms with van der Waals surface area (Å²) in [7, 11) is 0. The number of hydrogen-bond acceptors (Lipinski definition) is 5. The number of likely N-dealkylation sites (tertiary alicyclic amines) is 1. The Balaban J connectivity index is 2.04. The van der Waals surface area contributed by atoms with E-state index in [0.29, 0.717) is 45.7 Å². The molecule has 1 heterocycles. The van der Waals surface area contributed by atoms with Crippen LogP contribution >= 0.6 is 0 Å². The van der Waals surface area contributed by atoms with Crippen LogP contribution in [0.3, 0.4) is 0 Å². The molecule has 1 saturated heterocycles. The monoisotopic (exact) mass is 288 g/mol. The number of aliphatic hydroxyl groups is 1. The van der Waals surface area contributed by atoms with Crippen LogP contribution in [-0.2, 0) is 14.3 Å². The van der Waals surface area contributed by atoms with Crippen molar-refractivity contribution >= 4 is 11.9 Å². The minimum absolute atomic E-state index is 0.0186. The van der Waals surface area contributed by atoms with Gasteiger partial charge in [-0.3, -0.25) is 9.59 Å². The van der Waals surface area contributed by atoms with Gasteiger partial charge in [-0.1, -0.05) is 0 Å². The Morgan fingerprint density at radius 3 is 2.55 bits per heavy atom. The first-order chi connectivity index (χ1) is 9.65. The normalized spacial score (nSPS) is 16.4. The van der Waals surface area contributed by atoms with Gasteiger partial charge in [-0.2, -0.15) is 0 Å². The summed E-state index contributed by atoms with van der Waals surface area (Å²) >= 11 is 0. The number of carboxylic acid groups (broad SMARTS) is 1. The third-order valence-corrected chi connectivity index (χ3v) is 3.35. The highest BCUT2D eigenvalue weighted by atomic mass is 16.5. The quantitative estimate of drug-likeness (QED) is 0.485. The maximum absolute atomic E-state index is 11.9. The third-order valence-electron chi connectivity index (χ3n) is 3.35. The van der Waals surface area contributed by atoms with Crippen LogP contribution in [0.5, 0.6) is 0 Å². The highest BCUT2D eigenvalue weighted by molar-refractivity contribution is 5.78. The number of nitrogens with zero attached hydrogens (tertiary/aromatic N) is 1. The van der Waals surface area contributed by atoms with E-state index in [1.54, 1.807) is 4.90 Å². The van der Waals surface area contributed by atoms with E-state index in [4.69, 9.17) is 14.9 Å². The van der Waals surface area contributed by atoms with Crippen molar-refractivity contribution in [2.24, 2.45) is 5.92 Å². The van der Waals surface area contributed by atoms with E-state index < -0.39 is 5.97 Å². The van der Waals surface area contributed by atoms with E-state index in [1.165, 1.54) is 0 Å². The van der Waals surface area contributed by atoms with Gasteiger partial charge in [0.05, 0.1) is 25.7 Å². The molecule has 0 aliphatic carbocycles. The Morgan fingerprint density at radius 1 is 1.25 bits per heavy atom. The number of carbonyl (C=O) groups excluding carboxylic acids is 1. The molecule has 0 aromatic heterocycles. The number of hydrogen-bond donors (Lipinski definition) is 3. The van der Waals surface area contributed by atoms with Crippen molar-refractivity contribution in [3.8, 4) is 0 Å². The summed E-state index contributed by atoms with van der Waals surface area (Å²) in [5.74, 6) is -1.06. The SMILES string of the molecule is O=C(O)C1CCN(C(=O)CNCCCOCCO)CC1. The number of amides is 1. The number of piperidine rings is 1. The predicted molar refractivity (Wildman–Crippen MR) is 72.3 cm³/mol. The molecule has 1 aliphatic heterocycles. The van der Waals surface area contributed by atoms with Crippen molar-refractivity contribution in [3.63, 3.8) is 0 Å². The summed E-state index contributed by atoms with van der Waals surface area (Å²) in [4.78, 5) is 24.4. The van der Waals surface area contributed by atoms with Crippen molar-refractivity contribution in [1.29, 1.82) is 0 Å². The molecular formula is C13H24N2O5. The van der Waals surface area contributed by atoms with Gasteiger partial charge in [0, 0.05) is 19.7 Å². The fraction of sp³-hybridized carbons (Fsp3) is 0.846. The van der Waals surface area contributed by atoms with E-state index in [1.807, 2.05) is 0 Å². The largest absolute Gasteiger partial charge is 0.481 e. The second kappa shape index (κ2) is 9.68. The molecule has 20 heavy (non-hydrogen) atoms. The number of carbonyl (C=O) groups is 2. The van der Waals surface area contributed by atoms with Crippen LogP contribution in [0.1, 0.15) is 19.3 Å². The molecule has 1 fully saturated rings. The first-order valence-corrected chi connectivity index (χ1v) is 7.05. The van der Waals surface area contributed by atoms with Crippen LogP contribution in [0.15, 0.2) is 0 Å². The number of rotatable bonds is 9. The lowest BCUT2D eigenvalue weighted by Crippen LogP contribution is -2.44. The standard InChI is InChI=1S/C13H24N2O5/c16-7-9-20-8-1-4-14-10-12(17)15-5-2-11(3-6-15)13(18)19/h11,14,16H,1-10H2,(H,18,19). The molecule has 0 aromatic carbocycles. The Kier molecular flexibility index (Phi) is 8.17. The second-order valence-electron chi connectivity index (χ2n) is 4.86. The van der Waals surface area contributed by atoms with Gasteiger partial charge in [0.2, 0.25) is 5.91 Å². The van der Waals surface area contributed by atoms with E-state index in [9.17, 15) is 9.59 Å². The molecule has 3 N–H and O–H groups in total. The molecular weight excluding hydrogens is 264 g/mol. The number of carboxylic acids is 1. The fourth-order valence-electron chi connectivity index (χ4n) is 2.15. The number of aliphatic hydroxyl groups excluding tert-OH is 1. The molecule has 1 amide bonds. The van der Waals surface area contributed by atoms with Gasteiger partial charge in [-0.25, -0.2) is 0 Å². The van der Waals surface area contributed by atoms with Gasteiger partial charge in [-0.05, 0) is 25.8 Å². The summed E-state index contributed by atoms with van der Waals surface area (Å²) in [6, 6.07) is 0. The smallest absolute Gasteiger partial charge is 0.306 e. The number of ether oxygens (including phenoxy) is 1. The van der Waals surface area contributed by atoms with Crippen molar-refractivity contribution < 1.29 is 24.5 Å². The summed E-state index contributed by atoms with van der Waals surface area (Å²) in [5.41, 5.74) is 0. The van der Waals surface area contributed by atoms with E-state index >= 15 is 0 Å². The first-order valence-electron chi connectivity index (χ1n) is 7.05. The van der Waals surface area contributed by atoms with Crippen LogP contribution in [0, 0.1) is 5.92 Å². The van der Waals surface area contributed by atoms with E-state index in [0.717, 1.165) is 6.42 Å². The van der Waals surface area contributed by atoms with Gasteiger partial charge in [0.1, 0.15) is 0 Å². The highest BCUT2D eigenvalue weighted by Gasteiger charge is 2.26. The van der Waals surface area contributed by atoms with Gasteiger partial charge in [0.25, 0.3) is 0 Å². The lowest BCUT2D eigenvalue weighted by atomic mass is 9.97. The van der Waals surface area contributed by atoms with Gasteiger partial charge in [-0.15, -0.1) is 0 Å². The fourth-order valence-corrected chi connectivity index (χ4v) is 2.15. The van der Waals surface area contributed by atoms with E-state index in [-0.39, 0.29) is 25.0 Å². The lowest BCUT2D eigenvalue weighted by Gasteiger charge is -2.30. The minimum atomic E-state index is -0.766. The average molecular weight is 288 g/mol. The molecule has 0 bridgehead atoms. The van der Waals surface area contributed by atoms with E-state index in [2.05, 4.69) is 5.32 Å². The molecule has 0 aromatic rings. The van der Waals surface area contributed by atoms with Gasteiger partial charge < -0.3 is 25.2 Å². The van der Waals surface area contributed by atoms with Crippen molar-refractivity contribution in [1.82, 2.24) is 10.2 Å². The van der Waals surface area contributed by atoms with Crippen molar-refractivity contribution in [2.45, 2.75) is 19.3 Å². The molecule has 0 spiro atoms. The molecule has 0 atom stereocenters. The second-order valence-corrected chi connectivity index (χ2v) is 4.86. The zero-order valence-electron chi connectivity index (χ0n) is 11.7. The molecule has 0 radical (unpaired) electrons. The number of nitrogens with one attached hydrogen (secondary N) is 1. The maximum Gasteiger partial charge on any atom is 0.306 e. The third kappa shape index (κ3) is 6.31. The summed E-state index contributed by atoms with van der Waals surface area (Å²) in [6.45, 7) is 2.94. The zero-order chi connectivity index (χ0) is 14.8. The first kappa shape index (κ1) is 16.9. The minimum Gasteiger partial charge on any atom is -0.481 e.